The molecule has 3 aromatic rings. The number of amides is 1. The van der Waals surface area contributed by atoms with Gasteiger partial charge in [0, 0.05) is 35.1 Å². The minimum absolute atomic E-state index is 0.245. The van der Waals surface area contributed by atoms with Gasteiger partial charge in [0.2, 0.25) is 0 Å². The van der Waals surface area contributed by atoms with Crippen molar-refractivity contribution in [1.82, 2.24) is 10.3 Å². The van der Waals surface area contributed by atoms with Crippen molar-refractivity contribution in [3.63, 3.8) is 0 Å². The monoisotopic (exact) mass is 302 g/mol. The largest absolute Gasteiger partial charge is 0.361 e. The average molecular weight is 302 g/mol. The van der Waals surface area contributed by atoms with Crippen LogP contribution < -0.4 is 5.32 Å². The number of aryl methyl sites for hydroxylation is 1. The molecule has 0 fully saturated rings. The van der Waals surface area contributed by atoms with Crippen molar-refractivity contribution in [2.24, 2.45) is 0 Å². The van der Waals surface area contributed by atoms with Crippen molar-refractivity contribution in [1.29, 1.82) is 0 Å². The lowest BCUT2D eigenvalue weighted by atomic mass is 10.1. The first-order valence-corrected chi connectivity index (χ1v) is 7.64. The van der Waals surface area contributed by atoms with Crippen LogP contribution in [0.15, 0.2) is 54.7 Å². The van der Waals surface area contributed by atoms with Gasteiger partial charge in [-0.3, -0.25) is 4.79 Å². The van der Waals surface area contributed by atoms with E-state index in [1.54, 1.807) is 0 Å². The zero-order valence-corrected chi connectivity index (χ0v) is 13.0. The Bertz CT molecular complexity index is 879. The molecular weight excluding hydrogens is 284 g/mol. The van der Waals surface area contributed by atoms with E-state index in [-0.39, 0.29) is 5.91 Å². The van der Waals surface area contributed by atoms with Gasteiger partial charge in [0.1, 0.15) is 0 Å². The smallest absolute Gasteiger partial charge is 0.296 e. The molecule has 2 aromatic carbocycles. The highest BCUT2D eigenvalue weighted by Crippen LogP contribution is 2.17. The summed E-state index contributed by atoms with van der Waals surface area (Å²) in [6.45, 7) is 2.60. The molecule has 0 atom stereocenters. The molecule has 0 aliphatic carbocycles. The van der Waals surface area contributed by atoms with Gasteiger partial charge in [0.15, 0.2) is 0 Å². The Morgan fingerprint density at radius 2 is 1.91 bits per heavy atom. The summed E-state index contributed by atoms with van der Waals surface area (Å²) in [6.07, 6.45) is 2.77. The normalized spacial score (nSPS) is 10.1. The Hall–Kier alpha value is -2.99. The summed E-state index contributed by atoms with van der Waals surface area (Å²) in [4.78, 5) is 15.0. The van der Waals surface area contributed by atoms with Crippen molar-refractivity contribution >= 4 is 16.8 Å². The Labute approximate surface area is 135 Å². The maximum absolute atomic E-state index is 11.8. The molecule has 2 N–H and O–H groups in total. The number of hydrogen-bond acceptors (Lipinski definition) is 1. The molecule has 0 aliphatic rings. The number of carbonyl (C=O) groups is 1. The maximum atomic E-state index is 11.8. The van der Waals surface area contributed by atoms with Crippen LogP contribution in [0, 0.1) is 18.8 Å². The van der Waals surface area contributed by atoms with Crippen molar-refractivity contribution in [2.75, 3.05) is 6.54 Å². The van der Waals surface area contributed by atoms with Gasteiger partial charge in [-0.1, -0.05) is 41.8 Å². The third kappa shape index (κ3) is 3.81. The number of rotatable bonds is 3. The number of aromatic amines is 1. The van der Waals surface area contributed by atoms with Crippen LogP contribution in [-0.4, -0.2) is 17.4 Å². The Morgan fingerprint density at radius 1 is 1.13 bits per heavy atom. The van der Waals surface area contributed by atoms with Crippen molar-refractivity contribution in [2.45, 2.75) is 13.3 Å². The van der Waals surface area contributed by atoms with Gasteiger partial charge in [-0.15, -0.1) is 0 Å². The molecule has 3 heteroatoms. The van der Waals surface area contributed by atoms with Gasteiger partial charge in [-0.05, 0) is 37.1 Å². The fourth-order valence-electron chi connectivity index (χ4n) is 2.46. The van der Waals surface area contributed by atoms with Gasteiger partial charge >= 0.3 is 0 Å². The van der Waals surface area contributed by atoms with Crippen LogP contribution in [-0.2, 0) is 11.2 Å². The lowest BCUT2D eigenvalue weighted by molar-refractivity contribution is -0.115. The molecule has 0 saturated heterocycles. The van der Waals surface area contributed by atoms with E-state index < -0.39 is 0 Å². The molecule has 1 aromatic heterocycles. The quantitative estimate of drug-likeness (QED) is 0.717. The second-order valence-electron chi connectivity index (χ2n) is 5.48. The molecule has 0 radical (unpaired) electrons. The third-order valence-corrected chi connectivity index (χ3v) is 3.73. The summed E-state index contributed by atoms with van der Waals surface area (Å²) >= 11 is 0. The van der Waals surface area contributed by atoms with Crippen molar-refractivity contribution < 1.29 is 4.79 Å². The number of hydrogen-bond donors (Lipinski definition) is 2. The summed E-state index contributed by atoms with van der Waals surface area (Å²) in [5, 5.41) is 4.04. The second kappa shape index (κ2) is 6.85. The SMILES string of the molecule is Cc1ccc(C#CC(=O)NCCc2c[nH]c3ccccc23)cc1. The highest BCUT2D eigenvalue weighted by molar-refractivity contribution is 5.94. The molecule has 114 valence electrons. The van der Waals surface area contributed by atoms with Gasteiger partial charge in [-0.2, -0.15) is 0 Å². The second-order valence-corrected chi connectivity index (χ2v) is 5.48. The van der Waals surface area contributed by atoms with Gasteiger partial charge in [0.05, 0.1) is 0 Å². The van der Waals surface area contributed by atoms with Crippen LogP contribution in [0.2, 0.25) is 0 Å². The van der Waals surface area contributed by atoms with Crippen LogP contribution >= 0.6 is 0 Å². The first kappa shape index (κ1) is 14.9. The predicted molar refractivity (Wildman–Crippen MR) is 93.1 cm³/mol. The number of H-pyrrole nitrogens is 1. The summed E-state index contributed by atoms with van der Waals surface area (Å²) in [6, 6.07) is 16.0. The molecule has 3 nitrogen and oxygen atoms in total. The molecule has 0 spiro atoms. The van der Waals surface area contributed by atoms with E-state index in [1.807, 2.05) is 55.6 Å². The lowest BCUT2D eigenvalue weighted by Gasteiger charge is -2.00. The van der Waals surface area contributed by atoms with Crippen LogP contribution in [0.3, 0.4) is 0 Å². The van der Waals surface area contributed by atoms with E-state index >= 15 is 0 Å². The fraction of sp³-hybridized carbons (Fsp3) is 0.150. The van der Waals surface area contributed by atoms with Crippen LogP contribution in [0.25, 0.3) is 10.9 Å². The Morgan fingerprint density at radius 3 is 2.74 bits per heavy atom. The number of benzene rings is 2. The lowest BCUT2D eigenvalue weighted by Crippen LogP contribution is -2.23. The van der Waals surface area contributed by atoms with Gasteiger partial charge in [0.25, 0.3) is 5.91 Å². The highest BCUT2D eigenvalue weighted by atomic mass is 16.1. The zero-order chi connectivity index (χ0) is 16.1. The highest BCUT2D eigenvalue weighted by Gasteiger charge is 2.03. The minimum atomic E-state index is -0.245. The van der Waals surface area contributed by atoms with Crippen molar-refractivity contribution in [3.05, 3.63) is 71.4 Å². The van der Waals surface area contributed by atoms with Crippen LogP contribution in [0.1, 0.15) is 16.7 Å². The molecule has 1 amide bonds. The maximum Gasteiger partial charge on any atom is 0.296 e. The standard InChI is InChI=1S/C20H18N2O/c1-15-6-8-16(9-7-15)10-11-20(23)21-13-12-17-14-22-19-5-3-2-4-18(17)19/h2-9,14,22H,12-13H2,1H3,(H,21,23). The summed E-state index contributed by atoms with van der Waals surface area (Å²) in [5.41, 5.74) is 4.35. The topological polar surface area (TPSA) is 44.9 Å². The molecule has 0 saturated carbocycles. The van der Waals surface area contributed by atoms with Crippen LogP contribution in [0.4, 0.5) is 0 Å². The molecule has 0 bridgehead atoms. The third-order valence-electron chi connectivity index (χ3n) is 3.73. The number of carbonyl (C=O) groups excluding carboxylic acids is 1. The summed E-state index contributed by atoms with van der Waals surface area (Å²) < 4.78 is 0. The predicted octanol–water partition coefficient (Wildman–Crippen LogP) is 3.19. The van der Waals surface area contributed by atoms with E-state index in [2.05, 4.69) is 28.2 Å². The number of para-hydroxylation sites is 1. The Balaban J connectivity index is 1.54. The first-order chi connectivity index (χ1) is 11.2. The zero-order valence-electron chi connectivity index (χ0n) is 13.0. The van der Waals surface area contributed by atoms with E-state index in [4.69, 9.17) is 0 Å². The molecule has 0 aliphatic heterocycles. The summed E-state index contributed by atoms with van der Waals surface area (Å²) in [7, 11) is 0. The fourth-order valence-corrected chi connectivity index (χ4v) is 2.46. The van der Waals surface area contributed by atoms with Crippen LogP contribution in [0.5, 0.6) is 0 Å². The average Bonchev–Trinajstić information content (AvgIpc) is 2.98. The molecule has 1 heterocycles. The van der Waals surface area contributed by atoms with Crippen molar-refractivity contribution in [3.8, 4) is 11.8 Å². The minimum Gasteiger partial charge on any atom is -0.361 e. The molecule has 3 rings (SSSR count). The number of fused-ring (bicyclic) bond motifs is 1. The van der Waals surface area contributed by atoms with Gasteiger partial charge in [-0.25, -0.2) is 0 Å². The van der Waals surface area contributed by atoms with Gasteiger partial charge < -0.3 is 10.3 Å². The molecule has 0 unspecified atom stereocenters. The van der Waals surface area contributed by atoms with E-state index in [0.29, 0.717) is 6.54 Å². The summed E-state index contributed by atoms with van der Waals surface area (Å²) in [5.74, 6) is 5.26. The number of aromatic nitrogens is 1. The molecule has 23 heavy (non-hydrogen) atoms. The number of nitrogens with one attached hydrogen (secondary N) is 2. The van der Waals surface area contributed by atoms with E-state index in [0.717, 1.165) is 17.5 Å². The van der Waals surface area contributed by atoms with E-state index in [1.165, 1.54) is 16.5 Å². The first-order valence-electron chi connectivity index (χ1n) is 7.64. The molecular formula is C20H18N2O. The van der Waals surface area contributed by atoms with E-state index in [9.17, 15) is 4.79 Å². The Kier molecular flexibility index (Phi) is 4.44.